The standard InChI is InChI=1S/C37H45N7O4/c1-24-17-27(8-9-28(24)19-38-36(47)48-37(2,3)4)34-32-18-25(20-44(32)40-23-39-34)7-5-6-16-43-21-29(22-43)26-10-12-30(13-11-26)41-31-14-15-33(45)42-35(31)46/h8-13,17-18,20,23,29,31,41H,5-7,14-16,19,21-22H2,1-4H3,(H,38,47)(H,42,45,46). The van der Waals surface area contributed by atoms with E-state index in [-0.39, 0.29) is 17.9 Å². The molecule has 4 aromatic rings. The second-order valence-corrected chi connectivity index (χ2v) is 14.0. The number of aryl methyl sites for hydroxylation is 2. The zero-order valence-electron chi connectivity index (χ0n) is 28.2. The molecular weight excluding hydrogens is 606 g/mol. The van der Waals surface area contributed by atoms with E-state index in [2.05, 4.69) is 61.4 Å². The lowest BCUT2D eigenvalue weighted by atomic mass is 9.91. The monoisotopic (exact) mass is 651 g/mol. The number of benzene rings is 2. The van der Waals surface area contributed by atoms with Crippen molar-refractivity contribution in [1.29, 1.82) is 0 Å². The summed E-state index contributed by atoms with van der Waals surface area (Å²) in [5.74, 6) is 0.0774. The highest BCUT2D eigenvalue weighted by molar-refractivity contribution is 6.01. The van der Waals surface area contributed by atoms with Crippen LogP contribution in [0.1, 0.15) is 74.6 Å². The summed E-state index contributed by atoms with van der Waals surface area (Å²) >= 11 is 0. The van der Waals surface area contributed by atoms with Crippen molar-refractivity contribution in [3.05, 3.63) is 83.3 Å². The van der Waals surface area contributed by atoms with Crippen molar-refractivity contribution in [3.63, 3.8) is 0 Å². The lowest BCUT2D eigenvalue weighted by Crippen LogP contribution is -2.47. The number of hydrogen-bond donors (Lipinski definition) is 3. The first-order valence-electron chi connectivity index (χ1n) is 16.8. The third-order valence-electron chi connectivity index (χ3n) is 9.01. The zero-order chi connectivity index (χ0) is 33.8. The van der Waals surface area contributed by atoms with Crippen LogP contribution >= 0.6 is 0 Å². The topological polar surface area (TPSA) is 130 Å². The maximum atomic E-state index is 12.1. The number of aromatic nitrogens is 3. The van der Waals surface area contributed by atoms with Crippen LogP contribution in [0.25, 0.3) is 16.8 Å². The summed E-state index contributed by atoms with van der Waals surface area (Å²) in [7, 11) is 0. The van der Waals surface area contributed by atoms with E-state index in [0.29, 0.717) is 25.3 Å². The van der Waals surface area contributed by atoms with E-state index in [9.17, 15) is 14.4 Å². The number of carbonyl (C=O) groups excluding carboxylic acids is 3. The average Bonchev–Trinajstić information content (AvgIpc) is 3.44. The molecule has 2 saturated heterocycles. The molecule has 0 radical (unpaired) electrons. The second kappa shape index (κ2) is 14.1. The molecule has 2 aromatic carbocycles. The van der Waals surface area contributed by atoms with Crippen LogP contribution in [0.15, 0.2) is 61.1 Å². The molecule has 3 N–H and O–H groups in total. The number of nitrogens with zero attached hydrogens (tertiary/aromatic N) is 4. The summed E-state index contributed by atoms with van der Waals surface area (Å²) in [4.78, 5) is 42.6. The number of hydrogen-bond acceptors (Lipinski definition) is 8. The molecule has 3 amide bonds. The normalized spacial score (nSPS) is 17.2. The van der Waals surface area contributed by atoms with E-state index < -0.39 is 11.7 Å². The van der Waals surface area contributed by atoms with Gasteiger partial charge in [0.2, 0.25) is 11.8 Å². The van der Waals surface area contributed by atoms with Gasteiger partial charge in [-0.25, -0.2) is 14.3 Å². The Morgan fingerprint density at radius 1 is 1.06 bits per heavy atom. The van der Waals surface area contributed by atoms with Crippen molar-refractivity contribution in [1.82, 2.24) is 30.1 Å². The third kappa shape index (κ3) is 8.20. The fourth-order valence-corrected chi connectivity index (χ4v) is 6.38. The van der Waals surface area contributed by atoms with Gasteiger partial charge in [-0.2, -0.15) is 5.10 Å². The van der Waals surface area contributed by atoms with Crippen molar-refractivity contribution < 1.29 is 19.1 Å². The molecule has 1 unspecified atom stereocenters. The number of anilines is 1. The smallest absolute Gasteiger partial charge is 0.407 e. The van der Waals surface area contributed by atoms with E-state index in [0.717, 1.165) is 72.5 Å². The van der Waals surface area contributed by atoms with Gasteiger partial charge >= 0.3 is 6.09 Å². The zero-order valence-corrected chi connectivity index (χ0v) is 28.2. The number of likely N-dealkylation sites (tertiary alicyclic amines) is 1. The Kier molecular flexibility index (Phi) is 9.77. The van der Waals surface area contributed by atoms with E-state index in [1.165, 1.54) is 11.1 Å². The molecule has 2 aliphatic rings. The minimum atomic E-state index is -0.534. The van der Waals surface area contributed by atoms with Crippen LogP contribution in [-0.2, 0) is 27.3 Å². The molecule has 6 rings (SSSR count). The van der Waals surface area contributed by atoms with Gasteiger partial charge in [0.15, 0.2) is 0 Å². The number of rotatable bonds is 11. The second-order valence-electron chi connectivity index (χ2n) is 14.0. The molecule has 0 aliphatic carbocycles. The molecule has 2 aromatic heterocycles. The largest absolute Gasteiger partial charge is 0.444 e. The molecule has 252 valence electrons. The van der Waals surface area contributed by atoms with Gasteiger partial charge in [-0.05, 0) is 106 Å². The minimum absolute atomic E-state index is 0.201. The Morgan fingerprint density at radius 2 is 1.85 bits per heavy atom. The number of fused-ring (bicyclic) bond motifs is 1. The third-order valence-corrected chi connectivity index (χ3v) is 9.01. The molecule has 4 heterocycles. The molecule has 0 bridgehead atoms. The maximum absolute atomic E-state index is 12.1. The number of nitrogens with one attached hydrogen (secondary N) is 3. The van der Waals surface area contributed by atoms with Crippen LogP contribution < -0.4 is 16.0 Å². The Labute approximate surface area is 281 Å². The summed E-state index contributed by atoms with van der Waals surface area (Å²) in [6, 6.07) is 16.4. The molecule has 1 atom stereocenters. The number of unbranched alkanes of at least 4 members (excludes halogenated alkanes) is 1. The SMILES string of the molecule is Cc1cc(-c2ncnn3cc(CCCCN4CC(c5ccc(NC6CCC(=O)NC6=O)cc5)C4)cc23)ccc1CNC(=O)OC(C)(C)C. The summed E-state index contributed by atoms with van der Waals surface area (Å²) in [5.41, 5.74) is 7.91. The number of amides is 3. The summed E-state index contributed by atoms with van der Waals surface area (Å²) < 4.78 is 7.27. The van der Waals surface area contributed by atoms with Gasteiger partial charge in [0, 0.05) is 49.4 Å². The van der Waals surface area contributed by atoms with Gasteiger partial charge in [-0.1, -0.05) is 24.3 Å². The van der Waals surface area contributed by atoms with E-state index >= 15 is 0 Å². The number of piperidine rings is 1. The van der Waals surface area contributed by atoms with Crippen LogP contribution in [-0.4, -0.2) is 68.7 Å². The van der Waals surface area contributed by atoms with Gasteiger partial charge in [0.1, 0.15) is 18.0 Å². The van der Waals surface area contributed by atoms with Gasteiger partial charge < -0.3 is 20.3 Å². The number of imide groups is 1. The Balaban J connectivity index is 0.953. The lowest BCUT2D eigenvalue weighted by molar-refractivity contribution is -0.133. The first-order valence-corrected chi connectivity index (χ1v) is 16.8. The molecule has 48 heavy (non-hydrogen) atoms. The average molecular weight is 652 g/mol. The Hall–Kier alpha value is -4.77. The molecule has 0 spiro atoms. The number of alkyl carbamates (subject to hydrolysis) is 1. The predicted molar refractivity (Wildman–Crippen MR) is 185 cm³/mol. The molecule has 2 aliphatic heterocycles. The van der Waals surface area contributed by atoms with E-state index in [1.54, 1.807) is 6.33 Å². The molecule has 2 fully saturated rings. The van der Waals surface area contributed by atoms with Gasteiger partial charge in [0.05, 0.1) is 11.2 Å². The first kappa shape index (κ1) is 33.1. The van der Waals surface area contributed by atoms with Gasteiger partial charge in [-0.3, -0.25) is 14.9 Å². The highest BCUT2D eigenvalue weighted by Gasteiger charge is 2.28. The number of carbonyl (C=O) groups is 3. The molecule has 11 nitrogen and oxygen atoms in total. The number of ether oxygens (including phenoxy) is 1. The van der Waals surface area contributed by atoms with Crippen molar-refractivity contribution in [2.45, 2.75) is 83.9 Å². The van der Waals surface area contributed by atoms with Crippen LogP contribution in [0, 0.1) is 6.92 Å². The van der Waals surface area contributed by atoms with Crippen molar-refractivity contribution >= 4 is 29.1 Å². The molecule has 11 heteroatoms. The quantitative estimate of drug-likeness (QED) is 0.146. The van der Waals surface area contributed by atoms with Crippen LogP contribution in [0.3, 0.4) is 0 Å². The van der Waals surface area contributed by atoms with Crippen LogP contribution in [0.4, 0.5) is 10.5 Å². The van der Waals surface area contributed by atoms with Gasteiger partial charge in [-0.15, -0.1) is 0 Å². The Bertz CT molecular complexity index is 1790. The van der Waals surface area contributed by atoms with Crippen LogP contribution in [0.5, 0.6) is 0 Å². The fraction of sp³-hybridized carbons (Fsp3) is 0.432. The van der Waals surface area contributed by atoms with E-state index in [4.69, 9.17) is 4.74 Å². The van der Waals surface area contributed by atoms with Crippen molar-refractivity contribution in [2.75, 3.05) is 25.0 Å². The maximum Gasteiger partial charge on any atom is 0.407 e. The van der Waals surface area contributed by atoms with E-state index in [1.807, 2.05) is 56.5 Å². The van der Waals surface area contributed by atoms with Gasteiger partial charge in [0.25, 0.3) is 0 Å². The summed E-state index contributed by atoms with van der Waals surface area (Å²) in [6.07, 6.45) is 7.37. The van der Waals surface area contributed by atoms with Crippen molar-refractivity contribution in [3.8, 4) is 11.3 Å². The molecular formula is C37H45N7O4. The van der Waals surface area contributed by atoms with Crippen LogP contribution in [0.2, 0.25) is 0 Å². The molecule has 0 saturated carbocycles. The first-order chi connectivity index (χ1) is 23.0. The predicted octanol–water partition coefficient (Wildman–Crippen LogP) is 5.37. The summed E-state index contributed by atoms with van der Waals surface area (Å²) in [5, 5.41) is 12.9. The lowest BCUT2D eigenvalue weighted by Gasteiger charge is -2.39. The highest BCUT2D eigenvalue weighted by Crippen LogP contribution is 2.29. The Morgan fingerprint density at radius 3 is 2.58 bits per heavy atom. The minimum Gasteiger partial charge on any atom is -0.444 e. The van der Waals surface area contributed by atoms with Crippen molar-refractivity contribution in [2.24, 2.45) is 0 Å². The fourth-order valence-electron chi connectivity index (χ4n) is 6.38. The highest BCUT2D eigenvalue weighted by atomic mass is 16.6. The summed E-state index contributed by atoms with van der Waals surface area (Å²) in [6.45, 7) is 11.2.